The maximum Gasteiger partial charge on any atom is 0.0446 e. The Labute approximate surface area is 260 Å². The lowest BCUT2D eigenvalue weighted by molar-refractivity contribution is 0.125. The second kappa shape index (κ2) is 13.7. The summed E-state index contributed by atoms with van der Waals surface area (Å²) in [5.74, 6) is 2.06. The van der Waals surface area contributed by atoms with Crippen molar-refractivity contribution < 1.29 is 0 Å². The molecule has 0 amide bonds. The molecule has 4 aliphatic carbocycles. The van der Waals surface area contributed by atoms with E-state index in [0.717, 1.165) is 31.2 Å². The van der Waals surface area contributed by atoms with Crippen LogP contribution < -0.4 is 10.6 Å². The van der Waals surface area contributed by atoms with Crippen LogP contribution in [0.15, 0.2) is 42.5 Å². The number of hydrogen-bond acceptors (Lipinski definition) is 2. The topological polar surface area (TPSA) is 29.3 Å². The predicted octanol–water partition coefficient (Wildman–Crippen LogP) is 11.3. The molecule has 1 fully saturated rings. The number of benzene rings is 2. The number of rotatable bonds is 8. The molecule has 1 atom stereocenters. The maximum atomic E-state index is 4.50. The van der Waals surface area contributed by atoms with Crippen LogP contribution in [0.4, 0.5) is 11.4 Å². The van der Waals surface area contributed by atoms with Crippen molar-refractivity contribution >= 4 is 11.4 Å². The third-order valence-electron chi connectivity index (χ3n) is 11.7. The van der Waals surface area contributed by atoms with Crippen molar-refractivity contribution in [2.45, 2.75) is 144 Å². The summed E-state index contributed by atoms with van der Waals surface area (Å²) in [5.41, 5.74) is 15.8. The monoisotopic (exact) mass is 573 g/mol. The van der Waals surface area contributed by atoms with Crippen molar-refractivity contribution in [3.63, 3.8) is 0 Å². The Bertz CT molecular complexity index is 1210. The molecule has 1 unspecified atom stereocenters. The summed E-state index contributed by atoms with van der Waals surface area (Å²) in [6.45, 7) is 26.8. The van der Waals surface area contributed by atoms with Gasteiger partial charge in [0.2, 0.25) is 0 Å². The lowest BCUT2D eigenvalue weighted by Gasteiger charge is -2.44. The normalized spacial score (nSPS) is 22.8. The molecule has 2 aromatic rings. The average molecular weight is 573 g/mol. The molecule has 42 heavy (non-hydrogen) atoms. The molecule has 2 aromatic carbocycles. The Morgan fingerprint density at radius 1 is 0.833 bits per heavy atom. The number of nitrogens with zero attached hydrogens (tertiary/aromatic N) is 1. The van der Waals surface area contributed by atoms with Gasteiger partial charge in [-0.05, 0) is 126 Å². The Morgan fingerprint density at radius 3 is 1.93 bits per heavy atom. The van der Waals surface area contributed by atoms with Crippen molar-refractivity contribution in [3.05, 3.63) is 70.3 Å². The highest BCUT2D eigenvalue weighted by molar-refractivity contribution is 5.71. The Morgan fingerprint density at radius 2 is 1.38 bits per heavy atom. The second-order valence-corrected chi connectivity index (χ2v) is 14.4. The van der Waals surface area contributed by atoms with Crippen LogP contribution in [-0.4, -0.2) is 13.6 Å². The standard InChI is InChI=1S/C37H53N.C2H6.CH5N/c1-10-12-14-25(3)24-38(29-19-20-32-33(22-29)36(6,7)37(8,9)35(32,4)5)34-23-31-27-17-15-26(16-18-27)30(31)21-28(34)13-11-2;2*1-2/h12,14,19-23,25-27H,10-11,13,15-18,24H2,1-9H3;1-2H3;2H2,1H3. The molecular formula is C40H64N2. The zero-order chi connectivity index (χ0) is 31.5. The molecule has 0 heterocycles. The largest absolute Gasteiger partial charge is 0.341 e. The highest BCUT2D eigenvalue weighted by Gasteiger charge is 2.56. The van der Waals surface area contributed by atoms with E-state index in [1.54, 1.807) is 22.3 Å². The molecule has 0 radical (unpaired) electrons. The van der Waals surface area contributed by atoms with Gasteiger partial charge in [-0.1, -0.05) is 107 Å². The number of nitrogens with two attached hydrogens (primary N) is 1. The van der Waals surface area contributed by atoms with Crippen molar-refractivity contribution in [1.82, 2.24) is 0 Å². The van der Waals surface area contributed by atoms with E-state index in [1.165, 1.54) is 56.1 Å². The zero-order valence-electron chi connectivity index (χ0n) is 29.5. The van der Waals surface area contributed by atoms with Gasteiger partial charge in [0.25, 0.3) is 0 Å². The number of hydrogen-bond donors (Lipinski definition) is 1. The SMILES string of the molecule is CC.CCC=CC(C)CN(c1ccc2c(c1)C(C)(C)C(C)(C)C2(C)C)c1cc2c(cc1CCC)C1CCC2CC1.CN. The van der Waals surface area contributed by atoms with Gasteiger partial charge in [-0.3, -0.25) is 0 Å². The van der Waals surface area contributed by atoms with E-state index >= 15 is 0 Å². The number of aryl methyl sites for hydroxylation is 1. The van der Waals surface area contributed by atoms with Crippen LogP contribution in [0.3, 0.4) is 0 Å². The molecule has 234 valence electrons. The number of fused-ring (bicyclic) bond motifs is 3. The predicted molar refractivity (Wildman–Crippen MR) is 188 cm³/mol. The van der Waals surface area contributed by atoms with Crippen molar-refractivity contribution in [2.24, 2.45) is 17.1 Å². The minimum Gasteiger partial charge on any atom is -0.341 e. The summed E-state index contributed by atoms with van der Waals surface area (Å²) in [7, 11) is 1.50. The first-order valence-corrected chi connectivity index (χ1v) is 17.3. The number of allylic oxidation sites excluding steroid dienone is 1. The van der Waals surface area contributed by atoms with Gasteiger partial charge in [-0.2, -0.15) is 0 Å². The molecular weight excluding hydrogens is 508 g/mol. The molecule has 0 aromatic heterocycles. The smallest absolute Gasteiger partial charge is 0.0446 e. The third kappa shape index (κ3) is 5.87. The molecule has 0 aliphatic heterocycles. The molecule has 2 N–H and O–H groups in total. The minimum absolute atomic E-state index is 0.114. The summed E-state index contributed by atoms with van der Waals surface area (Å²) in [4.78, 5) is 2.70. The fourth-order valence-corrected chi connectivity index (χ4v) is 8.09. The Balaban J connectivity index is 0.00000116. The van der Waals surface area contributed by atoms with Crippen LogP contribution in [0.2, 0.25) is 0 Å². The first-order valence-electron chi connectivity index (χ1n) is 17.3. The molecule has 2 heteroatoms. The summed E-state index contributed by atoms with van der Waals surface area (Å²) in [6.07, 6.45) is 13.8. The fourth-order valence-electron chi connectivity index (χ4n) is 8.09. The molecule has 0 saturated heterocycles. The van der Waals surface area contributed by atoms with Crippen molar-refractivity contribution in [1.29, 1.82) is 0 Å². The van der Waals surface area contributed by atoms with E-state index in [-0.39, 0.29) is 16.2 Å². The first-order chi connectivity index (χ1) is 19.9. The highest BCUT2D eigenvalue weighted by atomic mass is 15.1. The van der Waals surface area contributed by atoms with E-state index in [1.807, 2.05) is 13.8 Å². The molecule has 2 nitrogen and oxygen atoms in total. The fraction of sp³-hybridized carbons (Fsp3) is 0.650. The van der Waals surface area contributed by atoms with Crippen molar-refractivity contribution in [3.8, 4) is 0 Å². The van der Waals surface area contributed by atoms with E-state index in [0.29, 0.717) is 5.92 Å². The van der Waals surface area contributed by atoms with Crippen LogP contribution in [0, 0.1) is 11.3 Å². The minimum atomic E-state index is 0.114. The van der Waals surface area contributed by atoms with Crippen LogP contribution in [0.25, 0.3) is 0 Å². The maximum absolute atomic E-state index is 4.50. The quantitative estimate of drug-likeness (QED) is 0.319. The lowest BCUT2D eigenvalue weighted by atomic mass is 9.59. The second-order valence-electron chi connectivity index (χ2n) is 14.4. The van der Waals surface area contributed by atoms with Gasteiger partial charge in [0.1, 0.15) is 0 Å². The van der Waals surface area contributed by atoms with E-state index in [9.17, 15) is 0 Å². The van der Waals surface area contributed by atoms with Gasteiger partial charge in [-0.25, -0.2) is 0 Å². The van der Waals surface area contributed by atoms with Gasteiger partial charge in [0.15, 0.2) is 0 Å². The van der Waals surface area contributed by atoms with E-state index < -0.39 is 0 Å². The number of anilines is 2. The summed E-state index contributed by atoms with van der Waals surface area (Å²) in [5, 5.41) is 0. The average Bonchev–Trinajstić information content (AvgIpc) is 3.10. The van der Waals surface area contributed by atoms with E-state index in [4.69, 9.17) is 0 Å². The molecule has 0 spiro atoms. The lowest BCUT2D eigenvalue weighted by Crippen LogP contribution is -2.42. The van der Waals surface area contributed by atoms with Gasteiger partial charge < -0.3 is 10.6 Å². The summed E-state index contributed by atoms with van der Waals surface area (Å²) in [6, 6.07) is 12.8. The molecule has 6 rings (SSSR count). The van der Waals surface area contributed by atoms with Gasteiger partial charge >= 0.3 is 0 Å². The Kier molecular flexibility index (Phi) is 11.2. The molecule has 2 bridgehead atoms. The molecule has 1 saturated carbocycles. The van der Waals surface area contributed by atoms with Gasteiger partial charge in [0.05, 0.1) is 0 Å². The summed E-state index contributed by atoms with van der Waals surface area (Å²) < 4.78 is 0. The Hall–Kier alpha value is -2.06. The third-order valence-corrected chi connectivity index (χ3v) is 11.7. The summed E-state index contributed by atoms with van der Waals surface area (Å²) >= 11 is 0. The highest BCUT2D eigenvalue weighted by Crippen LogP contribution is 2.62. The van der Waals surface area contributed by atoms with Crippen LogP contribution >= 0.6 is 0 Å². The van der Waals surface area contributed by atoms with Gasteiger partial charge in [0, 0.05) is 17.9 Å². The first kappa shape index (κ1) is 34.4. The van der Waals surface area contributed by atoms with Gasteiger partial charge in [-0.15, -0.1) is 0 Å². The van der Waals surface area contributed by atoms with E-state index in [2.05, 4.69) is 115 Å². The van der Waals surface area contributed by atoms with Crippen LogP contribution in [0.1, 0.15) is 154 Å². The zero-order valence-corrected chi connectivity index (χ0v) is 29.5. The van der Waals surface area contributed by atoms with Crippen molar-refractivity contribution in [2.75, 3.05) is 18.5 Å². The van der Waals surface area contributed by atoms with Crippen LogP contribution in [-0.2, 0) is 17.3 Å². The van der Waals surface area contributed by atoms with Crippen LogP contribution in [0.5, 0.6) is 0 Å². The molecule has 4 aliphatic rings.